The molecule has 3 N–H and O–H groups in total. The Labute approximate surface area is 124 Å². The van der Waals surface area contributed by atoms with E-state index in [-0.39, 0.29) is 23.0 Å². The number of allylic oxidation sites excluding steroid dienone is 2. The summed E-state index contributed by atoms with van der Waals surface area (Å²) in [7, 11) is 0. The summed E-state index contributed by atoms with van der Waals surface area (Å²) >= 11 is 0. The molecule has 0 aromatic heterocycles. The number of aromatic hydroxyl groups is 2. The Bertz CT molecular complexity index is 587. The van der Waals surface area contributed by atoms with Crippen LogP contribution < -0.4 is 0 Å². The fraction of sp³-hybridized carbons (Fsp3) is 0.471. The number of benzene rings is 1. The smallest absolute Gasteiger partial charge is 0.339 e. The van der Waals surface area contributed by atoms with Gasteiger partial charge >= 0.3 is 5.97 Å². The Morgan fingerprint density at radius 3 is 2.67 bits per heavy atom. The lowest BCUT2D eigenvalue weighted by atomic mass is 9.83. The number of carboxylic acid groups (broad SMARTS) is 1. The van der Waals surface area contributed by atoms with Crippen LogP contribution in [-0.4, -0.2) is 21.3 Å². The molecule has 0 heterocycles. The summed E-state index contributed by atoms with van der Waals surface area (Å²) in [5.74, 6) is -1.54. The molecule has 1 aromatic carbocycles. The lowest BCUT2D eigenvalue weighted by Gasteiger charge is -2.23. The van der Waals surface area contributed by atoms with Gasteiger partial charge in [-0.2, -0.15) is 0 Å². The van der Waals surface area contributed by atoms with Crippen molar-refractivity contribution < 1.29 is 20.1 Å². The highest BCUT2D eigenvalue weighted by Gasteiger charge is 2.27. The molecule has 1 unspecified atom stereocenters. The summed E-state index contributed by atoms with van der Waals surface area (Å²) in [5, 5.41) is 30.1. The van der Waals surface area contributed by atoms with Gasteiger partial charge in [-0.25, -0.2) is 4.79 Å². The van der Waals surface area contributed by atoms with Crippen LogP contribution in [0.2, 0.25) is 0 Å². The molecule has 1 atom stereocenters. The molecule has 1 aliphatic rings. The fourth-order valence-corrected chi connectivity index (χ4v) is 3.13. The van der Waals surface area contributed by atoms with Gasteiger partial charge in [0.05, 0.1) is 0 Å². The molecule has 0 amide bonds. The van der Waals surface area contributed by atoms with Crippen molar-refractivity contribution in [3.8, 4) is 11.5 Å². The number of hydrogen-bond donors (Lipinski definition) is 3. The van der Waals surface area contributed by atoms with E-state index < -0.39 is 5.97 Å². The fourth-order valence-electron chi connectivity index (χ4n) is 3.13. The number of carboxylic acids is 1. The predicted octanol–water partition coefficient (Wildman–Crippen LogP) is 3.96. The minimum Gasteiger partial charge on any atom is -0.507 e. The third kappa shape index (κ3) is 3.04. The number of phenols is 2. The first-order chi connectivity index (χ1) is 9.95. The lowest BCUT2D eigenvalue weighted by molar-refractivity contribution is 0.0692. The molecule has 0 fully saturated rings. The van der Waals surface area contributed by atoms with Gasteiger partial charge in [0.1, 0.15) is 17.1 Å². The predicted molar refractivity (Wildman–Crippen MR) is 81.1 cm³/mol. The van der Waals surface area contributed by atoms with Crippen molar-refractivity contribution in [1.82, 2.24) is 0 Å². The van der Waals surface area contributed by atoms with E-state index in [9.17, 15) is 20.1 Å². The molecule has 4 nitrogen and oxygen atoms in total. The molecule has 0 bridgehead atoms. The van der Waals surface area contributed by atoms with Gasteiger partial charge in [0.25, 0.3) is 0 Å². The molecule has 1 aromatic rings. The van der Waals surface area contributed by atoms with Gasteiger partial charge in [-0.15, -0.1) is 0 Å². The van der Waals surface area contributed by atoms with Gasteiger partial charge in [0.15, 0.2) is 0 Å². The third-order valence-corrected chi connectivity index (χ3v) is 4.08. The minimum atomic E-state index is -1.14. The molecule has 114 valence electrons. The normalized spacial score (nSPS) is 18.4. The Morgan fingerprint density at radius 1 is 1.38 bits per heavy atom. The SMILES string of the molecule is CCCc1cc(O)c(C2C=C(C)CCC2)c(O)c1C(=O)O. The van der Waals surface area contributed by atoms with Gasteiger partial charge in [0, 0.05) is 11.5 Å². The molecule has 1 aliphatic carbocycles. The average Bonchev–Trinajstić information content (AvgIpc) is 2.38. The first-order valence-electron chi connectivity index (χ1n) is 7.44. The van der Waals surface area contributed by atoms with E-state index in [1.54, 1.807) is 0 Å². The van der Waals surface area contributed by atoms with Crippen LogP contribution in [0.3, 0.4) is 0 Å². The number of aryl methyl sites for hydroxylation is 1. The highest BCUT2D eigenvalue weighted by atomic mass is 16.4. The van der Waals surface area contributed by atoms with Crippen molar-refractivity contribution in [3.05, 3.63) is 34.4 Å². The van der Waals surface area contributed by atoms with Gasteiger partial charge in [-0.1, -0.05) is 25.0 Å². The van der Waals surface area contributed by atoms with E-state index in [4.69, 9.17) is 0 Å². The maximum atomic E-state index is 11.5. The molecule has 21 heavy (non-hydrogen) atoms. The standard InChI is InChI=1S/C17H22O4/c1-3-5-11-9-13(18)14(16(19)15(11)17(20)21)12-7-4-6-10(2)8-12/h8-9,12,18-19H,3-7H2,1-2H3,(H,20,21). The Balaban J connectivity index is 2.59. The summed E-state index contributed by atoms with van der Waals surface area (Å²) < 4.78 is 0. The van der Waals surface area contributed by atoms with Crippen LogP contribution in [0.4, 0.5) is 0 Å². The third-order valence-electron chi connectivity index (χ3n) is 4.08. The van der Waals surface area contributed by atoms with Crippen LogP contribution in [0.5, 0.6) is 11.5 Å². The van der Waals surface area contributed by atoms with Gasteiger partial charge < -0.3 is 15.3 Å². The highest BCUT2D eigenvalue weighted by Crippen LogP contribution is 2.43. The first-order valence-corrected chi connectivity index (χ1v) is 7.44. The van der Waals surface area contributed by atoms with Crippen LogP contribution in [0.15, 0.2) is 17.7 Å². The quantitative estimate of drug-likeness (QED) is 0.733. The number of aromatic carboxylic acids is 1. The van der Waals surface area contributed by atoms with E-state index in [1.165, 1.54) is 11.6 Å². The summed E-state index contributed by atoms with van der Waals surface area (Å²) in [6.45, 7) is 3.95. The maximum absolute atomic E-state index is 11.5. The van der Waals surface area contributed by atoms with E-state index in [2.05, 4.69) is 0 Å². The lowest BCUT2D eigenvalue weighted by Crippen LogP contribution is -2.09. The highest BCUT2D eigenvalue weighted by molar-refractivity contribution is 5.94. The second-order valence-electron chi connectivity index (χ2n) is 5.76. The molecule has 4 heteroatoms. The zero-order chi connectivity index (χ0) is 15.6. The molecule has 0 spiro atoms. The minimum absolute atomic E-state index is 0.00287. The van der Waals surface area contributed by atoms with Crippen molar-refractivity contribution in [2.75, 3.05) is 0 Å². The van der Waals surface area contributed by atoms with Crippen LogP contribution in [0.1, 0.15) is 66.9 Å². The van der Waals surface area contributed by atoms with Gasteiger partial charge in [-0.05, 0) is 44.2 Å². The largest absolute Gasteiger partial charge is 0.507 e. The zero-order valence-corrected chi connectivity index (χ0v) is 12.5. The molecular formula is C17H22O4. The van der Waals surface area contributed by atoms with Crippen molar-refractivity contribution in [3.63, 3.8) is 0 Å². The Hall–Kier alpha value is -1.97. The topological polar surface area (TPSA) is 77.8 Å². The van der Waals surface area contributed by atoms with Crippen molar-refractivity contribution in [1.29, 1.82) is 0 Å². The molecule has 2 rings (SSSR count). The van der Waals surface area contributed by atoms with Crippen molar-refractivity contribution in [2.45, 2.75) is 51.9 Å². The van der Waals surface area contributed by atoms with Crippen molar-refractivity contribution >= 4 is 5.97 Å². The number of hydrogen-bond acceptors (Lipinski definition) is 3. The second-order valence-corrected chi connectivity index (χ2v) is 5.76. The van der Waals surface area contributed by atoms with Gasteiger partial charge in [-0.3, -0.25) is 0 Å². The van der Waals surface area contributed by atoms with E-state index in [1.807, 2.05) is 19.9 Å². The van der Waals surface area contributed by atoms with Crippen LogP contribution >= 0.6 is 0 Å². The number of phenolic OH excluding ortho intramolecular Hbond substituents is 1. The molecule has 0 saturated carbocycles. The maximum Gasteiger partial charge on any atom is 0.339 e. The van der Waals surface area contributed by atoms with E-state index in [0.717, 1.165) is 25.7 Å². The number of rotatable bonds is 4. The molecule has 0 saturated heterocycles. The molecule has 0 aliphatic heterocycles. The van der Waals surface area contributed by atoms with Crippen LogP contribution in [0.25, 0.3) is 0 Å². The van der Waals surface area contributed by atoms with Crippen LogP contribution in [-0.2, 0) is 6.42 Å². The summed E-state index contributed by atoms with van der Waals surface area (Å²) in [4.78, 5) is 11.5. The summed E-state index contributed by atoms with van der Waals surface area (Å²) in [6, 6.07) is 1.50. The average molecular weight is 290 g/mol. The van der Waals surface area contributed by atoms with E-state index >= 15 is 0 Å². The molecule has 0 radical (unpaired) electrons. The van der Waals surface area contributed by atoms with Gasteiger partial charge in [0.2, 0.25) is 0 Å². The summed E-state index contributed by atoms with van der Waals surface area (Å²) in [6.07, 6.45) is 6.08. The Morgan fingerprint density at radius 2 is 2.10 bits per heavy atom. The Kier molecular flexibility index (Phi) is 4.56. The van der Waals surface area contributed by atoms with E-state index in [0.29, 0.717) is 17.5 Å². The number of carbonyl (C=O) groups is 1. The zero-order valence-electron chi connectivity index (χ0n) is 12.5. The second kappa shape index (κ2) is 6.20. The summed E-state index contributed by atoms with van der Waals surface area (Å²) in [5.41, 5.74) is 1.98. The first kappa shape index (κ1) is 15.4. The van der Waals surface area contributed by atoms with Crippen LogP contribution in [0, 0.1) is 0 Å². The van der Waals surface area contributed by atoms with Crippen molar-refractivity contribution in [2.24, 2.45) is 0 Å². The molecular weight excluding hydrogens is 268 g/mol. The monoisotopic (exact) mass is 290 g/mol.